The van der Waals surface area contributed by atoms with Crippen LogP contribution in [-0.2, 0) is 19.9 Å². The van der Waals surface area contributed by atoms with Crippen LogP contribution in [0.1, 0.15) is 43.4 Å². The quantitative estimate of drug-likeness (QED) is 0.765. The number of rotatable bonds is 6. The maximum atomic E-state index is 4.62. The first-order valence-electron chi connectivity index (χ1n) is 7.56. The monoisotopic (exact) mass is 300 g/mol. The molecule has 118 valence electrons. The zero-order chi connectivity index (χ0) is 16.1. The Morgan fingerprint density at radius 2 is 2.18 bits per heavy atom. The van der Waals surface area contributed by atoms with Gasteiger partial charge in [-0.2, -0.15) is 5.10 Å². The van der Waals surface area contributed by atoms with Crippen LogP contribution in [0.4, 0.5) is 0 Å². The third-order valence-electron chi connectivity index (χ3n) is 3.77. The van der Waals surface area contributed by atoms with Crippen LogP contribution in [0, 0.1) is 0 Å². The van der Waals surface area contributed by atoms with Crippen LogP contribution >= 0.6 is 0 Å². The van der Waals surface area contributed by atoms with Crippen LogP contribution in [0.5, 0.6) is 0 Å². The van der Waals surface area contributed by atoms with E-state index in [1.165, 1.54) is 5.56 Å². The van der Waals surface area contributed by atoms with E-state index in [2.05, 4.69) is 33.7 Å². The molecule has 2 aromatic rings. The topological polar surface area (TPSA) is 60.4 Å². The summed E-state index contributed by atoms with van der Waals surface area (Å²) in [6.45, 7) is 7.75. The van der Waals surface area contributed by atoms with E-state index in [0.29, 0.717) is 0 Å². The van der Waals surface area contributed by atoms with Gasteiger partial charge in [-0.3, -0.25) is 9.98 Å². The van der Waals surface area contributed by atoms with E-state index in [1.54, 1.807) is 6.20 Å². The number of aryl methyl sites for hydroxylation is 1. The summed E-state index contributed by atoms with van der Waals surface area (Å²) in [7, 11) is 3.80. The largest absolute Gasteiger partial charge is 0.320 e. The fourth-order valence-corrected chi connectivity index (χ4v) is 2.65. The van der Waals surface area contributed by atoms with Crippen LogP contribution in [0.3, 0.4) is 0 Å². The van der Waals surface area contributed by atoms with Crippen molar-refractivity contribution in [2.45, 2.75) is 39.3 Å². The van der Waals surface area contributed by atoms with Crippen molar-refractivity contribution in [3.8, 4) is 0 Å². The lowest BCUT2D eigenvalue weighted by Crippen LogP contribution is -2.26. The molecule has 0 radical (unpaired) electrons. The zero-order valence-corrected chi connectivity index (χ0v) is 13.8. The lowest BCUT2D eigenvalue weighted by Gasteiger charge is -2.14. The van der Waals surface area contributed by atoms with Crippen molar-refractivity contribution in [2.75, 3.05) is 7.05 Å². The highest BCUT2D eigenvalue weighted by Gasteiger charge is 2.13. The Hall–Kier alpha value is -2.24. The van der Waals surface area contributed by atoms with Crippen molar-refractivity contribution in [1.29, 1.82) is 0 Å². The van der Waals surface area contributed by atoms with E-state index in [-0.39, 0.29) is 6.17 Å². The van der Waals surface area contributed by atoms with Gasteiger partial charge in [0.25, 0.3) is 0 Å². The molecule has 0 aliphatic heterocycles. The standard InChI is InChI=1S/C16H24N6/c1-6-7-14-15(19-11-21(5)16(14)18-4)10-13-8-9-20-22(13)12(2)17-3/h8-9,11-12H,3,6-7,10H2,1-2,4-5H3. The highest BCUT2D eigenvalue weighted by Crippen LogP contribution is 2.15. The van der Waals surface area contributed by atoms with Crippen LogP contribution < -0.4 is 5.49 Å². The van der Waals surface area contributed by atoms with Crippen molar-refractivity contribution < 1.29 is 0 Å². The second-order valence-corrected chi connectivity index (χ2v) is 5.34. The Labute approximate surface area is 131 Å². The molecule has 0 spiro atoms. The molecule has 1 atom stereocenters. The summed E-state index contributed by atoms with van der Waals surface area (Å²) in [6.07, 6.45) is 6.29. The lowest BCUT2D eigenvalue weighted by atomic mass is 10.1. The van der Waals surface area contributed by atoms with Gasteiger partial charge in [-0.1, -0.05) is 13.3 Å². The lowest BCUT2D eigenvalue weighted by molar-refractivity contribution is 0.496. The first-order valence-corrected chi connectivity index (χ1v) is 7.56. The molecule has 0 aromatic carbocycles. The van der Waals surface area contributed by atoms with Crippen molar-refractivity contribution in [3.05, 3.63) is 41.0 Å². The summed E-state index contributed by atoms with van der Waals surface area (Å²) in [6, 6.07) is 2.01. The van der Waals surface area contributed by atoms with Gasteiger partial charge < -0.3 is 4.57 Å². The first-order chi connectivity index (χ1) is 10.6. The van der Waals surface area contributed by atoms with Gasteiger partial charge in [-0.15, -0.1) is 0 Å². The summed E-state index contributed by atoms with van der Waals surface area (Å²) < 4.78 is 3.86. The molecule has 0 aliphatic carbocycles. The van der Waals surface area contributed by atoms with Crippen LogP contribution in [0.15, 0.2) is 28.6 Å². The van der Waals surface area contributed by atoms with Gasteiger partial charge in [-0.05, 0) is 26.1 Å². The molecule has 0 saturated heterocycles. The minimum atomic E-state index is -0.0743. The second-order valence-electron chi connectivity index (χ2n) is 5.34. The minimum absolute atomic E-state index is 0.0743. The Morgan fingerprint density at radius 1 is 1.41 bits per heavy atom. The summed E-state index contributed by atoms with van der Waals surface area (Å²) in [4.78, 5) is 13.1. The number of hydrogen-bond donors (Lipinski definition) is 0. The normalized spacial score (nSPS) is 13.4. The fraction of sp³-hybridized carbons (Fsp3) is 0.500. The number of aliphatic imine (C=N–C) groups is 1. The SMILES string of the molecule is C=NC(C)n1nccc1Cc1ncn(C)c(=NC)c1CCC. The molecular formula is C16H24N6. The molecule has 2 rings (SSSR count). The average Bonchev–Trinajstić information content (AvgIpc) is 2.98. The smallest absolute Gasteiger partial charge is 0.138 e. The van der Waals surface area contributed by atoms with E-state index in [1.807, 2.05) is 42.7 Å². The molecule has 0 amide bonds. The van der Waals surface area contributed by atoms with Gasteiger partial charge in [0.1, 0.15) is 11.7 Å². The van der Waals surface area contributed by atoms with E-state index in [9.17, 15) is 0 Å². The van der Waals surface area contributed by atoms with Gasteiger partial charge in [0.05, 0.1) is 12.0 Å². The first kappa shape index (κ1) is 16.1. The van der Waals surface area contributed by atoms with E-state index in [0.717, 1.165) is 36.1 Å². The summed E-state index contributed by atoms with van der Waals surface area (Å²) in [5.74, 6) is 0. The highest BCUT2D eigenvalue weighted by atomic mass is 15.3. The molecule has 0 aliphatic rings. The van der Waals surface area contributed by atoms with Gasteiger partial charge >= 0.3 is 0 Å². The second kappa shape index (κ2) is 7.15. The molecule has 2 heterocycles. The average molecular weight is 300 g/mol. The van der Waals surface area contributed by atoms with Gasteiger partial charge in [0.15, 0.2) is 0 Å². The molecule has 22 heavy (non-hydrogen) atoms. The molecule has 2 aromatic heterocycles. The van der Waals surface area contributed by atoms with Crippen molar-refractivity contribution in [3.63, 3.8) is 0 Å². The molecule has 0 fully saturated rings. The highest BCUT2D eigenvalue weighted by molar-refractivity contribution is 5.25. The van der Waals surface area contributed by atoms with Crippen LogP contribution in [0.25, 0.3) is 0 Å². The van der Waals surface area contributed by atoms with Gasteiger partial charge in [0, 0.05) is 38.0 Å². The summed E-state index contributed by atoms with van der Waals surface area (Å²) in [5, 5.41) is 4.35. The molecule has 6 heteroatoms. The molecule has 1 unspecified atom stereocenters. The molecule has 0 N–H and O–H groups in total. The van der Waals surface area contributed by atoms with E-state index < -0.39 is 0 Å². The molecule has 6 nitrogen and oxygen atoms in total. The summed E-state index contributed by atoms with van der Waals surface area (Å²) in [5.41, 5.74) is 4.34. The number of nitrogens with zero attached hydrogens (tertiary/aromatic N) is 6. The maximum absolute atomic E-state index is 4.62. The third kappa shape index (κ3) is 3.16. The number of aromatic nitrogens is 4. The molecule has 0 bridgehead atoms. The van der Waals surface area contributed by atoms with E-state index in [4.69, 9.17) is 0 Å². The zero-order valence-electron chi connectivity index (χ0n) is 13.8. The van der Waals surface area contributed by atoms with Gasteiger partial charge in [-0.25, -0.2) is 9.67 Å². The van der Waals surface area contributed by atoms with E-state index >= 15 is 0 Å². The number of hydrogen-bond acceptors (Lipinski definition) is 4. The minimum Gasteiger partial charge on any atom is -0.320 e. The van der Waals surface area contributed by atoms with Gasteiger partial charge in [0.2, 0.25) is 0 Å². The predicted octanol–water partition coefficient (Wildman–Crippen LogP) is 1.91. The Bertz CT molecular complexity index is 710. The Balaban J connectivity index is 2.46. The Kier molecular flexibility index (Phi) is 5.25. The predicted molar refractivity (Wildman–Crippen MR) is 88.0 cm³/mol. The molecule has 0 saturated carbocycles. The fourth-order valence-electron chi connectivity index (χ4n) is 2.65. The van der Waals surface area contributed by atoms with Crippen LogP contribution in [0.2, 0.25) is 0 Å². The van der Waals surface area contributed by atoms with Crippen molar-refractivity contribution in [1.82, 2.24) is 19.3 Å². The Morgan fingerprint density at radius 3 is 2.82 bits per heavy atom. The maximum Gasteiger partial charge on any atom is 0.138 e. The molecular weight excluding hydrogens is 276 g/mol. The van der Waals surface area contributed by atoms with Crippen LogP contribution in [-0.4, -0.2) is 33.1 Å². The summed E-state index contributed by atoms with van der Waals surface area (Å²) >= 11 is 0. The van der Waals surface area contributed by atoms with Crippen molar-refractivity contribution >= 4 is 6.72 Å². The third-order valence-corrected chi connectivity index (χ3v) is 3.77. The van der Waals surface area contributed by atoms with Crippen molar-refractivity contribution in [2.24, 2.45) is 17.0 Å².